The van der Waals surface area contributed by atoms with Gasteiger partial charge in [0, 0.05) is 16.4 Å². The Morgan fingerprint density at radius 1 is 1.10 bits per heavy atom. The molecule has 150 valence electrons. The molecular formula is C21H16ClF3N2S2. The largest absolute Gasteiger partial charge is 0.418 e. The summed E-state index contributed by atoms with van der Waals surface area (Å²) < 4.78 is 40.1. The summed E-state index contributed by atoms with van der Waals surface area (Å²) >= 11 is 13.3. The second-order valence-corrected chi connectivity index (χ2v) is 8.49. The Balaban J connectivity index is 1.68. The summed E-state index contributed by atoms with van der Waals surface area (Å²) in [5.74, 6) is 0. The fraction of sp³-hybridized carbons (Fsp3) is 0.190. The molecule has 2 heterocycles. The van der Waals surface area contributed by atoms with E-state index >= 15 is 0 Å². The van der Waals surface area contributed by atoms with Gasteiger partial charge in [-0.2, -0.15) is 13.2 Å². The van der Waals surface area contributed by atoms with Crippen LogP contribution >= 0.6 is 35.2 Å². The Kier molecular flexibility index (Phi) is 5.55. The third-order valence-corrected chi connectivity index (χ3v) is 6.47. The molecule has 1 aliphatic heterocycles. The van der Waals surface area contributed by atoms with E-state index < -0.39 is 11.7 Å². The van der Waals surface area contributed by atoms with Gasteiger partial charge in [-0.1, -0.05) is 35.9 Å². The van der Waals surface area contributed by atoms with Crippen molar-refractivity contribution in [3.05, 3.63) is 86.6 Å². The fourth-order valence-corrected chi connectivity index (χ4v) is 4.90. The Labute approximate surface area is 180 Å². The quantitative estimate of drug-likeness (QED) is 0.432. The third kappa shape index (κ3) is 4.13. The van der Waals surface area contributed by atoms with Gasteiger partial charge in [0.05, 0.1) is 17.3 Å². The number of alkyl halides is 3. The van der Waals surface area contributed by atoms with Crippen LogP contribution in [-0.4, -0.2) is 16.6 Å². The van der Waals surface area contributed by atoms with Gasteiger partial charge in [-0.3, -0.25) is 0 Å². The lowest BCUT2D eigenvalue weighted by Gasteiger charge is -2.38. The second kappa shape index (κ2) is 7.97. The Bertz CT molecular complexity index is 1030. The smallest absolute Gasteiger partial charge is 0.337 e. The standard InChI is InChI=1S/C21H16ClF3N2S2/c22-14-7-5-13(6-8-14)19-15-10-12-29-18(15)9-11-27(19)20(28)26-17-4-2-1-3-16(17)21(23,24)25/h1-8,10,12,19H,9,11H2,(H,26,28)/t19-/m1/s1. The maximum atomic E-state index is 13.4. The van der Waals surface area contributed by atoms with E-state index in [0.717, 1.165) is 23.6 Å². The van der Waals surface area contributed by atoms with Crippen molar-refractivity contribution in [1.82, 2.24) is 4.90 Å². The van der Waals surface area contributed by atoms with Gasteiger partial charge in [-0.05, 0) is 65.5 Å². The molecule has 1 aliphatic rings. The van der Waals surface area contributed by atoms with Gasteiger partial charge in [0.2, 0.25) is 0 Å². The molecule has 0 saturated heterocycles. The molecule has 0 unspecified atom stereocenters. The van der Waals surface area contributed by atoms with Crippen LogP contribution in [0, 0.1) is 0 Å². The molecule has 4 rings (SSSR count). The molecule has 8 heteroatoms. The van der Waals surface area contributed by atoms with Crippen LogP contribution in [0.25, 0.3) is 0 Å². The molecule has 1 N–H and O–H groups in total. The first-order valence-corrected chi connectivity index (χ1v) is 10.6. The third-order valence-electron chi connectivity index (χ3n) is 4.89. The summed E-state index contributed by atoms with van der Waals surface area (Å²) in [7, 11) is 0. The van der Waals surface area contributed by atoms with E-state index in [2.05, 4.69) is 11.4 Å². The zero-order chi connectivity index (χ0) is 20.6. The molecule has 0 saturated carbocycles. The van der Waals surface area contributed by atoms with Crippen molar-refractivity contribution < 1.29 is 13.2 Å². The molecule has 0 amide bonds. The van der Waals surface area contributed by atoms with Gasteiger partial charge in [0.1, 0.15) is 0 Å². The van der Waals surface area contributed by atoms with Gasteiger partial charge in [-0.15, -0.1) is 11.3 Å². The van der Waals surface area contributed by atoms with Crippen molar-refractivity contribution in [2.45, 2.75) is 18.6 Å². The second-order valence-electron chi connectivity index (χ2n) is 6.67. The van der Waals surface area contributed by atoms with Crippen molar-refractivity contribution >= 4 is 46.0 Å². The van der Waals surface area contributed by atoms with E-state index in [1.807, 2.05) is 34.5 Å². The van der Waals surface area contributed by atoms with Gasteiger partial charge >= 0.3 is 6.18 Å². The molecule has 0 spiro atoms. The van der Waals surface area contributed by atoms with Crippen molar-refractivity contribution in [3.63, 3.8) is 0 Å². The number of nitrogens with one attached hydrogen (secondary N) is 1. The van der Waals surface area contributed by atoms with Crippen LogP contribution in [0.5, 0.6) is 0 Å². The Hall–Kier alpha value is -2.09. The number of benzene rings is 2. The highest BCUT2D eigenvalue weighted by Crippen LogP contribution is 2.39. The summed E-state index contributed by atoms with van der Waals surface area (Å²) in [6.45, 7) is 0.612. The van der Waals surface area contributed by atoms with Gasteiger partial charge < -0.3 is 10.2 Å². The Morgan fingerprint density at radius 2 is 1.83 bits per heavy atom. The van der Waals surface area contributed by atoms with Gasteiger partial charge in [0.15, 0.2) is 5.11 Å². The topological polar surface area (TPSA) is 15.3 Å². The molecule has 0 radical (unpaired) electrons. The van der Waals surface area contributed by atoms with Crippen molar-refractivity contribution in [3.8, 4) is 0 Å². The van der Waals surface area contributed by atoms with Crippen molar-refractivity contribution in [2.75, 3.05) is 11.9 Å². The number of thiocarbonyl (C=S) groups is 1. The van der Waals surface area contributed by atoms with E-state index in [1.54, 1.807) is 17.4 Å². The number of fused-ring (bicyclic) bond motifs is 1. The lowest BCUT2D eigenvalue weighted by atomic mass is 9.93. The molecule has 0 aliphatic carbocycles. The van der Waals surface area contributed by atoms with Crippen LogP contribution < -0.4 is 5.32 Å². The fourth-order valence-electron chi connectivity index (χ4n) is 3.57. The van der Waals surface area contributed by atoms with Crippen molar-refractivity contribution in [1.29, 1.82) is 0 Å². The minimum absolute atomic E-state index is 0.0454. The summed E-state index contributed by atoms with van der Waals surface area (Å²) in [6, 6.07) is 14.7. The molecule has 2 nitrogen and oxygen atoms in total. The normalized spacial score (nSPS) is 16.4. The molecule has 0 bridgehead atoms. The maximum absolute atomic E-state index is 13.4. The van der Waals surface area contributed by atoms with Crippen LogP contribution in [-0.2, 0) is 12.6 Å². The molecule has 1 aromatic heterocycles. The first-order chi connectivity index (χ1) is 13.8. The monoisotopic (exact) mass is 452 g/mol. The summed E-state index contributed by atoms with van der Waals surface area (Å²) in [4.78, 5) is 3.21. The average Bonchev–Trinajstić information content (AvgIpc) is 3.16. The van der Waals surface area contributed by atoms with E-state index in [-0.39, 0.29) is 16.8 Å². The number of hydrogen-bond donors (Lipinski definition) is 1. The van der Waals surface area contributed by atoms with Crippen LogP contribution in [0.4, 0.5) is 18.9 Å². The van der Waals surface area contributed by atoms with E-state index in [0.29, 0.717) is 11.6 Å². The summed E-state index contributed by atoms with van der Waals surface area (Å²) in [5, 5.41) is 5.76. The highest BCUT2D eigenvalue weighted by molar-refractivity contribution is 7.80. The van der Waals surface area contributed by atoms with Crippen LogP contribution in [0.3, 0.4) is 0 Å². The predicted octanol–water partition coefficient (Wildman–Crippen LogP) is 6.76. The first-order valence-electron chi connectivity index (χ1n) is 8.90. The Morgan fingerprint density at radius 3 is 2.55 bits per heavy atom. The molecular weight excluding hydrogens is 437 g/mol. The molecule has 0 fully saturated rings. The van der Waals surface area contributed by atoms with E-state index in [1.165, 1.54) is 17.0 Å². The maximum Gasteiger partial charge on any atom is 0.418 e. The summed E-state index contributed by atoms with van der Waals surface area (Å²) in [5.41, 5.74) is 1.33. The molecule has 2 aromatic carbocycles. The number of rotatable bonds is 2. The zero-order valence-electron chi connectivity index (χ0n) is 15.0. The molecule has 1 atom stereocenters. The minimum atomic E-state index is -4.46. The molecule has 3 aromatic rings. The summed E-state index contributed by atoms with van der Waals surface area (Å²) in [6.07, 6.45) is -3.67. The minimum Gasteiger partial charge on any atom is -0.337 e. The number of para-hydroxylation sites is 1. The lowest BCUT2D eigenvalue weighted by molar-refractivity contribution is -0.136. The van der Waals surface area contributed by atoms with Crippen LogP contribution in [0.15, 0.2) is 60.0 Å². The van der Waals surface area contributed by atoms with Crippen LogP contribution in [0.1, 0.15) is 27.6 Å². The number of hydrogen-bond acceptors (Lipinski definition) is 2. The molecule has 29 heavy (non-hydrogen) atoms. The van der Waals surface area contributed by atoms with E-state index in [4.69, 9.17) is 23.8 Å². The highest BCUT2D eigenvalue weighted by atomic mass is 35.5. The lowest BCUT2D eigenvalue weighted by Crippen LogP contribution is -2.42. The number of anilines is 1. The van der Waals surface area contributed by atoms with E-state index in [9.17, 15) is 13.2 Å². The van der Waals surface area contributed by atoms with Gasteiger partial charge in [0.25, 0.3) is 0 Å². The SMILES string of the molecule is FC(F)(F)c1ccccc1NC(=S)N1CCc2sccc2[C@H]1c1ccc(Cl)cc1. The average molecular weight is 453 g/mol. The zero-order valence-corrected chi connectivity index (χ0v) is 17.4. The predicted molar refractivity (Wildman–Crippen MR) is 116 cm³/mol. The first kappa shape index (κ1) is 20.2. The highest BCUT2D eigenvalue weighted by Gasteiger charge is 2.35. The number of thiophene rings is 1. The number of nitrogens with zero attached hydrogens (tertiary/aromatic N) is 1. The van der Waals surface area contributed by atoms with Crippen molar-refractivity contribution in [2.24, 2.45) is 0 Å². The van der Waals surface area contributed by atoms with Gasteiger partial charge in [-0.25, -0.2) is 0 Å². The van der Waals surface area contributed by atoms with Crippen LogP contribution in [0.2, 0.25) is 5.02 Å². The number of halogens is 4.